The van der Waals surface area contributed by atoms with E-state index >= 15 is 0 Å². The van der Waals surface area contributed by atoms with E-state index in [-0.39, 0.29) is 17.9 Å². The number of nitrogens with one attached hydrogen (secondary N) is 1. The van der Waals surface area contributed by atoms with Gasteiger partial charge in [-0.2, -0.15) is 0 Å². The van der Waals surface area contributed by atoms with Gasteiger partial charge in [0.1, 0.15) is 11.8 Å². The molecule has 2 aromatic heterocycles. The lowest BCUT2D eigenvalue weighted by atomic mass is 10.2. The number of aryl methyl sites for hydroxylation is 1. The smallest absolute Gasteiger partial charge is 0.270 e. The molecule has 2 aromatic rings. The van der Waals surface area contributed by atoms with Crippen molar-refractivity contribution in [2.45, 2.75) is 19.6 Å². The predicted octanol–water partition coefficient (Wildman–Crippen LogP) is 0.665. The topological polar surface area (TPSA) is 89.4 Å². The van der Waals surface area contributed by atoms with Crippen LogP contribution >= 0.6 is 0 Å². The zero-order chi connectivity index (χ0) is 17.8. The molecule has 0 saturated carbocycles. The molecule has 0 spiro atoms. The first-order valence-electron chi connectivity index (χ1n) is 8.13. The van der Waals surface area contributed by atoms with E-state index in [0.717, 1.165) is 0 Å². The van der Waals surface area contributed by atoms with Gasteiger partial charge in [0.05, 0.1) is 25.4 Å². The van der Waals surface area contributed by atoms with Gasteiger partial charge in [-0.15, -0.1) is 0 Å². The Morgan fingerprint density at radius 2 is 2.24 bits per heavy atom. The number of hydrogen-bond donors (Lipinski definition) is 1. The second-order valence-electron chi connectivity index (χ2n) is 5.93. The van der Waals surface area contributed by atoms with Gasteiger partial charge in [-0.1, -0.05) is 0 Å². The quantitative estimate of drug-likeness (QED) is 0.881. The zero-order valence-corrected chi connectivity index (χ0v) is 14.3. The number of carbonyl (C=O) groups is 2. The lowest BCUT2D eigenvalue weighted by Gasteiger charge is -2.32. The van der Waals surface area contributed by atoms with Crippen molar-refractivity contribution in [1.29, 1.82) is 0 Å². The molecule has 25 heavy (non-hydrogen) atoms. The number of nitrogens with zero attached hydrogens (tertiary/aromatic N) is 4. The van der Waals surface area contributed by atoms with Crippen LogP contribution in [0.25, 0.3) is 0 Å². The minimum Gasteiger partial charge on any atom is -0.367 e. The minimum atomic E-state index is -0.379. The maximum absolute atomic E-state index is 12.7. The zero-order valence-electron chi connectivity index (χ0n) is 14.3. The van der Waals surface area contributed by atoms with Crippen molar-refractivity contribution in [2.75, 3.05) is 19.7 Å². The van der Waals surface area contributed by atoms with Crippen LogP contribution in [0.1, 0.15) is 35.0 Å². The molecule has 1 fully saturated rings. The van der Waals surface area contributed by atoms with E-state index in [1.165, 1.54) is 6.92 Å². The van der Waals surface area contributed by atoms with E-state index in [1.807, 2.05) is 19.3 Å². The van der Waals surface area contributed by atoms with E-state index in [4.69, 9.17) is 4.74 Å². The van der Waals surface area contributed by atoms with Crippen LogP contribution in [0.5, 0.6) is 0 Å². The SMILES string of the molecule is CC(=O)NCc1ccnc([C@H]2CN(C(=O)c3cccn3C)CCO2)n1. The van der Waals surface area contributed by atoms with E-state index in [1.54, 1.807) is 27.8 Å². The number of carbonyl (C=O) groups excluding carboxylic acids is 2. The summed E-state index contributed by atoms with van der Waals surface area (Å²) in [5, 5.41) is 2.71. The van der Waals surface area contributed by atoms with Gasteiger partial charge in [0.15, 0.2) is 5.82 Å². The molecule has 0 bridgehead atoms. The molecule has 1 aliphatic rings. The van der Waals surface area contributed by atoms with Gasteiger partial charge in [-0.25, -0.2) is 9.97 Å². The van der Waals surface area contributed by atoms with Gasteiger partial charge in [-0.3, -0.25) is 9.59 Å². The second-order valence-corrected chi connectivity index (χ2v) is 5.93. The van der Waals surface area contributed by atoms with Crippen LogP contribution < -0.4 is 5.32 Å². The molecule has 1 atom stereocenters. The first-order chi connectivity index (χ1) is 12.0. The Bertz CT molecular complexity index is 773. The van der Waals surface area contributed by atoms with Gasteiger partial charge in [-0.05, 0) is 18.2 Å². The molecule has 3 heterocycles. The summed E-state index contributed by atoms with van der Waals surface area (Å²) in [5.41, 5.74) is 1.34. The summed E-state index contributed by atoms with van der Waals surface area (Å²) in [4.78, 5) is 34.2. The number of rotatable bonds is 4. The van der Waals surface area contributed by atoms with Crippen molar-refractivity contribution in [3.63, 3.8) is 0 Å². The first-order valence-corrected chi connectivity index (χ1v) is 8.13. The summed E-state index contributed by atoms with van der Waals surface area (Å²) in [5.74, 6) is 0.371. The lowest BCUT2D eigenvalue weighted by molar-refractivity contribution is -0.119. The van der Waals surface area contributed by atoms with Crippen molar-refractivity contribution in [3.05, 3.63) is 47.8 Å². The fraction of sp³-hybridized carbons (Fsp3) is 0.412. The van der Waals surface area contributed by atoms with Crippen LogP contribution in [0.3, 0.4) is 0 Å². The van der Waals surface area contributed by atoms with Crippen molar-refractivity contribution in [3.8, 4) is 0 Å². The van der Waals surface area contributed by atoms with Crippen LogP contribution in [0, 0.1) is 0 Å². The summed E-state index contributed by atoms with van der Waals surface area (Å²) >= 11 is 0. The average molecular weight is 343 g/mol. The van der Waals surface area contributed by atoms with E-state index in [9.17, 15) is 9.59 Å². The molecular weight excluding hydrogens is 322 g/mol. The summed E-state index contributed by atoms with van der Waals surface area (Å²) in [6.45, 7) is 3.16. The van der Waals surface area contributed by atoms with Crippen molar-refractivity contribution in [1.82, 2.24) is 24.8 Å². The molecule has 0 unspecified atom stereocenters. The lowest BCUT2D eigenvalue weighted by Crippen LogP contribution is -2.43. The molecule has 1 saturated heterocycles. The standard InChI is InChI=1S/C17H21N5O3/c1-12(23)19-10-13-5-6-18-16(20-13)15-11-22(8-9-25-15)17(24)14-4-3-7-21(14)2/h3-7,15H,8-11H2,1-2H3,(H,19,23)/t15-/m1/s1. The number of aromatic nitrogens is 3. The highest BCUT2D eigenvalue weighted by atomic mass is 16.5. The van der Waals surface area contributed by atoms with Crippen molar-refractivity contribution < 1.29 is 14.3 Å². The Kier molecular flexibility index (Phi) is 5.08. The Labute approximate surface area is 145 Å². The van der Waals surface area contributed by atoms with E-state index in [2.05, 4.69) is 15.3 Å². The average Bonchev–Trinajstić information content (AvgIpc) is 3.05. The van der Waals surface area contributed by atoms with Crippen molar-refractivity contribution >= 4 is 11.8 Å². The predicted molar refractivity (Wildman–Crippen MR) is 89.6 cm³/mol. The minimum absolute atomic E-state index is 0.0322. The highest BCUT2D eigenvalue weighted by Gasteiger charge is 2.28. The maximum Gasteiger partial charge on any atom is 0.270 e. The largest absolute Gasteiger partial charge is 0.367 e. The Balaban J connectivity index is 1.71. The number of hydrogen-bond acceptors (Lipinski definition) is 5. The summed E-state index contributed by atoms with van der Waals surface area (Å²) < 4.78 is 7.56. The van der Waals surface area contributed by atoms with Gasteiger partial charge in [0, 0.05) is 32.9 Å². The third-order valence-corrected chi connectivity index (χ3v) is 4.05. The molecule has 8 nitrogen and oxygen atoms in total. The molecule has 0 radical (unpaired) electrons. The molecule has 1 aliphatic heterocycles. The Morgan fingerprint density at radius 1 is 1.40 bits per heavy atom. The van der Waals surface area contributed by atoms with E-state index < -0.39 is 0 Å². The highest BCUT2D eigenvalue weighted by molar-refractivity contribution is 5.92. The third-order valence-electron chi connectivity index (χ3n) is 4.05. The normalized spacial score (nSPS) is 17.4. The van der Waals surface area contributed by atoms with Gasteiger partial charge in [0.2, 0.25) is 5.91 Å². The van der Waals surface area contributed by atoms with Crippen LogP contribution in [0.15, 0.2) is 30.6 Å². The number of amides is 2. The highest BCUT2D eigenvalue weighted by Crippen LogP contribution is 2.20. The van der Waals surface area contributed by atoms with E-state index in [0.29, 0.717) is 43.5 Å². The maximum atomic E-state index is 12.7. The molecule has 132 valence electrons. The molecule has 3 rings (SSSR count). The molecule has 0 aromatic carbocycles. The monoisotopic (exact) mass is 343 g/mol. The van der Waals surface area contributed by atoms with Crippen LogP contribution in [-0.2, 0) is 23.1 Å². The number of morpholine rings is 1. The van der Waals surface area contributed by atoms with Crippen LogP contribution in [0.4, 0.5) is 0 Å². The van der Waals surface area contributed by atoms with Gasteiger partial charge in [0.25, 0.3) is 5.91 Å². The molecule has 2 amide bonds. The molecular formula is C17H21N5O3. The Morgan fingerprint density at radius 3 is 2.96 bits per heavy atom. The van der Waals surface area contributed by atoms with Crippen LogP contribution in [0.2, 0.25) is 0 Å². The Hall–Kier alpha value is -2.74. The second kappa shape index (κ2) is 7.43. The number of ether oxygens (including phenoxy) is 1. The van der Waals surface area contributed by atoms with Gasteiger partial charge < -0.3 is 19.5 Å². The molecule has 0 aliphatic carbocycles. The van der Waals surface area contributed by atoms with Crippen LogP contribution in [-0.4, -0.2) is 50.9 Å². The summed E-state index contributed by atoms with van der Waals surface area (Å²) in [6, 6.07) is 5.40. The third kappa shape index (κ3) is 4.03. The first kappa shape index (κ1) is 17.1. The summed E-state index contributed by atoms with van der Waals surface area (Å²) in [7, 11) is 1.85. The molecule has 8 heteroatoms. The fourth-order valence-corrected chi connectivity index (χ4v) is 2.72. The van der Waals surface area contributed by atoms with Crippen molar-refractivity contribution in [2.24, 2.45) is 7.05 Å². The fourth-order valence-electron chi connectivity index (χ4n) is 2.72. The van der Waals surface area contributed by atoms with Gasteiger partial charge >= 0.3 is 0 Å². The molecule has 1 N–H and O–H groups in total. The summed E-state index contributed by atoms with van der Waals surface area (Å²) in [6.07, 6.45) is 3.11.